The maximum absolute atomic E-state index is 15.0. The third kappa shape index (κ3) is 7.13. The van der Waals surface area contributed by atoms with E-state index in [1.165, 1.54) is 17.2 Å². The maximum atomic E-state index is 15.0. The van der Waals surface area contributed by atoms with E-state index in [0.717, 1.165) is 27.6 Å². The number of carbonyl (C=O) groups is 2. The van der Waals surface area contributed by atoms with Gasteiger partial charge in [-0.05, 0) is 53.3 Å². The molecule has 4 atom stereocenters. The van der Waals surface area contributed by atoms with Crippen LogP contribution in [0, 0.1) is 0 Å². The Morgan fingerprint density at radius 1 is 0.694 bits per heavy atom. The second-order valence-corrected chi connectivity index (χ2v) is 12.5. The molecule has 2 amide bonds. The first kappa shape index (κ1) is 31.9. The number of nitrogens with zero attached hydrogens (tertiary/aromatic N) is 6. The third-order valence-corrected chi connectivity index (χ3v) is 9.22. The molecule has 0 aliphatic carbocycles. The highest BCUT2D eigenvalue weighted by Gasteiger charge is 2.46. The number of aromatic amines is 1. The minimum absolute atomic E-state index is 0.0173. The average molecular weight is 656 g/mol. The highest BCUT2D eigenvalue weighted by atomic mass is 16.3. The minimum atomic E-state index is -1.27. The molecule has 11 heteroatoms. The third-order valence-electron chi connectivity index (χ3n) is 9.22. The highest BCUT2D eigenvalue weighted by Crippen LogP contribution is 2.30. The number of aliphatic hydroxyl groups is 2. The molecular formula is C38H37N7O4. The monoisotopic (exact) mass is 655 g/mol. The van der Waals surface area contributed by atoms with Gasteiger partial charge in [-0.25, -0.2) is 4.79 Å². The molecule has 0 spiro atoms. The van der Waals surface area contributed by atoms with Gasteiger partial charge in [0, 0.05) is 24.0 Å². The number of carbonyl (C=O) groups excluding carboxylic acids is 2. The van der Waals surface area contributed by atoms with Crippen LogP contribution >= 0.6 is 0 Å². The van der Waals surface area contributed by atoms with E-state index in [9.17, 15) is 15.0 Å². The zero-order chi connectivity index (χ0) is 33.7. The molecule has 1 fully saturated rings. The lowest BCUT2D eigenvalue weighted by molar-refractivity contribution is -0.0408. The van der Waals surface area contributed by atoms with Crippen LogP contribution in [0.2, 0.25) is 0 Å². The van der Waals surface area contributed by atoms with E-state index >= 15 is 4.79 Å². The number of urea groups is 1. The number of H-pyrrole nitrogens is 1. The van der Waals surface area contributed by atoms with Crippen molar-refractivity contribution in [1.29, 1.82) is 0 Å². The van der Waals surface area contributed by atoms with Crippen molar-refractivity contribution < 1.29 is 19.8 Å². The fourth-order valence-corrected chi connectivity index (χ4v) is 6.69. The summed E-state index contributed by atoms with van der Waals surface area (Å²) in [6, 6.07) is 30.5. The molecule has 7 rings (SSSR count). The maximum Gasteiger partial charge on any atom is 0.321 e. The van der Waals surface area contributed by atoms with E-state index in [1.54, 1.807) is 34.2 Å². The molecule has 4 aromatic carbocycles. The molecule has 0 unspecified atom stereocenters. The van der Waals surface area contributed by atoms with E-state index in [2.05, 4.69) is 20.4 Å². The van der Waals surface area contributed by atoms with Gasteiger partial charge in [-0.3, -0.25) is 9.89 Å². The second kappa shape index (κ2) is 14.2. The normalized spacial score (nSPS) is 19.7. The topological polar surface area (TPSA) is 140 Å². The Morgan fingerprint density at radius 2 is 1.27 bits per heavy atom. The summed E-state index contributed by atoms with van der Waals surface area (Å²) in [6.07, 6.45) is 2.92. The highest BCUT2D eigenvalue weighted by molar-refractivity contribution is 5.96. The van der Waals surface area contributed by atoms with Crippen LogP contribution in [0.15, 0.2) is 122 Å². The quantitative estimate of drug-likeness (QED) is 0.176. The van der Waals surface area contributed by atoms with Gasteiger partial charge in [0.15, 0.2) is 5.78 Å². The van der Waals surface area contributed by atoms with Gasteiger partial charge < -0.3 is 20.0 Å². The van der Waals surface area contributed by atoms with Gasteiger partial charge in [0.25, 0.3) is 0 Å². The first-order chi connectivity index (χ1) is 23.9. The molecular weight excluding hydrogens is 618 g/mol. The number of ketones is 1. The molecule has 3 N–H and O–H groups in total. The molecule has 0 radical (unpaired) electrons. The molecule has 6 aromatic rings. The summed E-state index contributed by atoms with van der Waals surface area (Å²) in [7, 11) is 0. The Hall–Kier alpha value is -5.65. The second-order valence-electron chi connectivity index (χ2n) is 12.5. The lowest BCUT2D eigenvalue weighted by Gasteiger charge is -2.36. The first-order valence-electron chi connectivity index (χ1n) is 16.3. The van der Waals surface area contributed by atoms with Crippen LogP contribution in [0.4, 0.5) is 4.79 Å². The molecule has 11 nitrogen and oxygen atoms in total. The van der Waals surface area contributed by atoms with Gasteiger partial charge in [0.2, 0.25) is 0 Å². The zero-order valence-corrected chi connectivity index (χ0v) is 26.8. The van der Waals surface area contributed by atoms with Gasteiger partial charge in [-0.15, -0.1) is 0 Å². The Morgan fingerprint density at radius 3 is 1.88 bits per heavy atom. The number of rotatable bonds is 11. The molecule has 1 aliphatic heterocycles. The summed E-state index contributed by atoms with van der Waals surface area (Å²) in [4.78, 5) is 32.8. The van der Waals surface area contributed by atoms with Crippen LogP contribution in [0.25, 0.3) is 10.9 Å². The van der Waals surface area contributed by atoms with Crippen LogP contribution in [0.1, 0.15) is 32.6 Å². The van der Waals surface area contributed by atoms with Crippen LogP contribution in [0.3, 0.4) is 0 Å². The summed E-state index contributed by atoms with van der Waals surface area (Å²) in [5.41, 5.74) is 4.78. The van der Waals surface area contributed by atoms with E-state index in [0.29, 0.717) is 24.0 Å². The number of aromatic nitrogens is 5. The molecule has 1 saturated heterocycles. The van der Waals surface area contributed by atoms with Gasteiger partial charge >= 0.3 is 6.03 Å². The Balaban J connectivity index is 1.28. The Bertz CT molecular complexity index is 2020. The van der Waals surface area contributed by atoms with Gasteiger partial charge in [-0.1, -0.05) is 84.9 Å². The summed E-state index contributed by atoms with van der Waals surface area (Å²) < 4.78 is 0. The lowest BCUT2D eigenvalue weighted by atomic mass is 9.90. The molecule has 0 saturated carbocycles. The molecule has 0 bridgehead atoms. The molecule has 1 aliphatic rings. The van der Waals surface area contributed by atoms with Crippen molar-refractivity contribution >= 4 is 22.7 Å². The number of amides is 2. The summed E-state index contributed by atoms with van der Waals surface area (Å²) in [5.74, 6) is -0.171. The Labute approximate surface area is 283 Å². The van der Waals surface area contributed by atoms with Crippen LogP contribution in [0.5, 0.6) is 0 Å². The number of fused-ring (bicyclic) bond motifs is 1. The van der Waals surface area contributed by atoms with Gasteiger partial charge in [-0.2, -0.15) is 20.1 Å². The fraction of sp³-hybridized carbons (Fsp3) is 0.237. The molecule has 3 heterocycles. The number of aliphatic hydroxyl groups excluding tert-OH is 2. The van der Waals surface area contributed by atoms with Crippen LogP contribution < -0.4 is 0 Å². The van der Waals surface area contributed by atoms with Crippen molar-refractivity contribution in [2.75, 3.05) is 0 Å². The van der Waals surface area contributed by atoms with E-state index in [4.69, 9.17) is 0 Å². The van der Waals surface area contributed by atoms with Crippen molar-refractivity contribution in [3.63, 3.8) is 0 Å². The van der Waals surface area contributed by atoms with Gasteiger partial charge in [0.1, 0.15) is 18.8 Å². The van der Waals surface area contributed by atoms with Crippen molar-refractivity contribution in [3.05, 3.63) is 150 Å². The summed E-state index contributed by atoms with van der Waals surface area (Å²) in [6.45, 7) is 0.290. The standard InChI is InChI=1S/C38H37N7O4/c46-35(25-45-40-16-17-41-45)30-13-7-12-28(18-30)23-43-33(20-26-8-3-1-4-9-26)36(47)37(48)34(21-27-10-5-2-6-11-27)44(38(43)49)24-29-14-15-32-31(19-29)22-39-42-32/h1-19,22,33-34,36-37,47-48H,20-21,23-25H2,(H,39,42)/t33-,34-,36+,37+/m1/s1. The van der Waals surface area contributed by atoms with Crippen molar-refractivity contribution in [3.8, 4) is 0 Å². The predicted octanol–water partition coefficient (Wildman–Crippen LogP) is 4.42. The Kier molecular flexibility index (Phi) is 9.27. The van der Waals surface area contributed by atoms with E-state index in [-0.39, 0.29) is 31.4 Å². The average Bonchev–Trinajstić information content (AvgIpc) is 3.82. The van der Waals surface area contributed by atoms with Crippen molar-refractivity contribution in [2.45, 2.75) is 56.8 Å². The lowest BCUT2D eigenvalue weighted by Crippen LogP contribution is -2.50. The number of hydrogen-bond donors (Lipinski definition) is 3. The minimum Gasteiger partial charge on any atom is -0.388 e. The molecule has 49 heavy (non-hydrogen) atoms. The predicted molar refractivity (Wildman–Crippen MR) is 183 cm³/mol. The van der Waals surface area contributed by atoms with Crippen molar-refractivity contribution in [1.82, 2.24) is 35.0 Å². The zero-order valence-electron chi connectivity index (χ0n) is 26.8. The molecule has 248 valence electrons. The fourth-order valence-electron chi connectivity index (χ4n) is 6.69. The first-order valence-corrected chi connectivity index (χ1v) is 16.3. The largest absolute Gasteiger partial charge is 0.388 e. The van der Waals surface area contributed by atoms with Gasteiger partial charge in [0.05, 0.1) is 36.2 Å². The van der Waals surface area contributed by atoms with Crippen molar-refractivity contribution in [2.24, 2.45) is 0 Å². The van der Waals surface area contributed by atoms with E-state index in [1.807, 2.05) is 84.9 Å². The van der Waals surface area contributed by atoms with Crippen LogP contribution in [-0.4, -0.2) is 81.3 Å². The molecule has 2 aromatic heterocycles. The smallest absolute Gasteiger partial charge is 0.321 e. The number of benzene rings is 4. The number of hydrogen-bond acceptors (Lipinski definition) is 7. The number of nitrogens with one attached hydrogen (secondary N) is 1. The summed E-state index contributed by atoms with van der Waals surface area (Å²) in [5, 5.41) is 40.1. The SMILES string of the molecule is O=C(Cn1nccn1)c1cccc(CN2C(=O)N(Cc3ccc4[nH]ncc4c3)[C@H](Cc3ccccc3)[C@H](O)[C@@H](O)[C@H]2Cc2ccccc2)c1. The number of Topliss-reactive ketones (excluding diaryl/α,β-unsaturated/α-hetero) is 1. The van der Waals surface area contributed by atoms with E-state index < -0.39 is 24.3 Å². The summed E-state index contributed by atoms with van der Waals surface area (Å²) >= 11 is 0. The van der Waals surface area contributed by atoms with Crippen LogP contribution in [-0.2, 0) is 32.5 Å².